The van der Waals surface area contributed by atoms with Crippen molar-refractivity contribution >= 4 is 27.7 Å². The van der Waals surface area contributed by atoms with E-state index in [-0.39, 0.29) is 5.25 Å². The van der Waals surface area contributed by atoms with Crippen LogP contribution < -0.4 is 0 Å². The number of nitrogens with zero attached hydrogens (tertiary/aromatic N) is 2. The van der Waals surface area contributed by atoms with E-state index in [0.717, 1.165) is 9.37 Å². The molecular weight excluding hydrogens is 316 g/mol. The molecule has 0 fully saturated rings. The number of hydrogen-bond acceptors (Lipinski definition) is 5. The van der Waals surface area contributed by atoms with Gasteiger partial charge in [-0.05, 0) is 31.2 Å². The van der Waals surface area contributed by atoms with Gasteiger partial charge in [-0.1, -0.05) is 21.1 Å². The first-order chi connectivity index (χ1) is 8.69. The lowest BCUT2D eigenvalue weighted by molar-refractivity contribution is 0.174. The maximum Gasteiger partial charge on any atom is 0.239 e. The maximum atomic E-state index is 5.20. The fourth-order valence-electron chi connectivity index (χ4n) is 1.39. The van der Waals surface area contributed by atoms with Gasteiger partial charge in [0.25, 0.3) is 0 Å². The Morgan fingerprint density at radius 2 is 2.11 bits per heavy atom. The standard InChI is InChI=1S/C12H13BrN2O2S/c1-8(12-14-11(7-16-2)15-17-12)18-10-5-3-9(13)4-6-10/h3-6,8H,7H2,1-2H3/t8-/m0/s1. The largest absolute Gasteiger partial charge is 0.377 e. The highest BCUT2D eigenvalue weighted by Crippen LogP contribution is 2.34. The Balaban J connectivity index is 2.02. The second-order valence-corrected chi connectivity index (χ2v) is 6.03. The van der Waals surface area contributed by atoms with Crippen molar-refractivity contribution in [2.45, 2.75) is 23.7 Å². The summed E-state index contributed by atoms with van der Waals surface area (Å²) < 4.78 is 11.2. The summed E-state index contributed by atoms with van der Waals surface area (Å²) in [5, 5.41) is 3.97. The van der Waals surface area contributed by atoms with Gasteiger partial charge in [0.2, 0.25) is 5.89 Å². The van der Waals surface area contributed by atoms with Crippen LogP contribution in [0.3, 0.4) is 0 Å². The third-order valence-electron chi connectivity index (χ3n) is 2.23. The van der Waals surface area contributed by atoms with Crippen molar-refractivity contribution in [3.63, 3.8) is 0 Å². The second-order valence-electron chi connectivity index (χ2n) is 3.70. The molecule has 0 N–H and O–H groups in total. The fourth-order valence-corrected chi connectivity index (χ4v) is 2.55. The quantitative estimate of drug-likeness (QED) is 0.780. The molecule has 0 amide bonds. The SMILES string of the molecule is COCc1noc([C@H](C)Sc2ccc(Br)cc2)n1. The molecule has 0 bridgehead atoms. The molecule has 0 saturated heterocycles. The molecule has 1 aromatic heterocycles. The topological polar surface area (TPSA) is 48.2 Å². The number of ether oxygens (including phenoxy) is 1. The van der Waals surface area contributed by atoms with Crippen LogP contribution in [0.1, 0.15) is 23.9 Å². The van der Waals surface area contributed by atoms with Crippen molar-refractivity contribution in [1.82, 2.24) is 10.1 Å². The average Bonchev–Trinajstić information content (AvgIpc) is 2.81. The number of methoxy groups -OCH3 is 1. The lowest BCUT2D eigenvalue weighted by Crippen LogP contribution is -1.92. The number of halogens is 1. The minimum Gasteiger partial charge on any atom is -0.377 e. The van der Waals surface area contributed by atoms with Crippen molar-refractivity contribution in [3.8, 4) is 0 Å². The van der Waals surface area contributed by atoms with Crippen LogP contribution in [0.5, 0.6) is 0 Å². The molecule has 0 saturated carbocycles. The molecule has 18 heavy (non-hydrogen) atoms. The molecule has 96 valence electrons. The Morgan fingerprint density at radius 3 is 2.78 bits per heavy atom. The van der Waals surface area contributed by atoms with Gasteiger partial charge >= 0.3 is 0 Å². The zero-order valence-corrected chi connectivity index (χ0v) is 12.5. The van der Waals surface area contributed by atoms with E-state index in [4.69, 9.17) is 9.26 Å². The number of hydrogen-bond donors (Lipinski definition) is 0. The smallest absolute Gasteiger partial charge is 0.239 e. The third kappa shape index (κ3) is 3.57. The van der Waals surface area contributed by atoms with Crippen molar-refractivity contribution in [3.05, 3.63) is 40.5 Å². The molecule has 1 heterocycles. The molecule has 1 aromatic carbocycles. The van der Waals surface area contributed by atoms with E-state index in [1.165, 1.54) is 0 Å². The summed E-state index contributed by atoms with van der Waals surface area (Å²) in [5.74, 6) is 1.20. The molecule has 0 aliphatic heterocycles. The first-order valence-corrected chi connectivity index (χ1v) is 7.10. The van der Waals surface area contributed by atoms with E-state index in [2.05, 4.69) is 38.2 Å². The summed E-state index contributed by atoms with van der Waals surface area (Å²) in [7, 11) is 1.61. The molecule has 2 rings (SSSR count). The predicted octanol–water partition coefficient (Wildman–Crippen LogP) is 3.83. The van der Waals surface area contributed by atoms with E-state index in [9.17, 15) is 0 Å². The van der Waals surface area contributed by atoms with Crippen molar-refractivity contribution in [2.24, 2.45) is 0 Å². The van der Waals surface area contributed by atoms with Crippen molar-refractivity contribution < 1.29 is 9.26 Å². The minimum atomic E-state index is 0.115. The van der Waals surface area contributed by atoms with Gasteiger partial charge in [-0.3, -0.25) is 0 Å². The van der Waals surface area contributed by atoms with Crippen LogP contribution in [0.25, 0.3) is 0 Å². The number of thioether (sulfide) groups is 1. The van der Waals surface area contributed by atoms with E-state index in [1.54, 1.807) is 18.9 Å². The molecule has 1 atom stereocenters. The highest BCUT2D eigenvalue weighted by molar-refractivity contribution is 9.10. The van der Waals surface area contributed by atoms with E-state index < -0.39 is 0 Å². The normalized spacial score (nSPS) is 12.6. The van der Waals surface area contributed by atoms with E-state index >= 15 is 0 Å². The monoisotopic (exact) mass is 328 g/mol. The minimum absolute atomic E-state index is 0.115. The number of benzene rings is 1. The Morgan fingerprint density at radius 1 is 1.39 bits per heavy atom. The van der Waals surface area contributed by atoms with Gasteiger partial charge in [0.1, 0.15) is 6.61 Å². The van der Waals surface area contributed by atoms with Gasteiger partial charge < -0.3 is 9.26 Å². The summed E-state index contributed by atoms with van der Waals surface area (Å²) >= 11 is 5.09. The number of aromatic nitrogens is 2. The first-order valence-electron chi connectivity index (χ1n) is 5.42. The molecule has 0 aliphatic carbocycles. The van der Waals surface area contributed by atoms with Crippen molar-refractivity contribution in [2.75, 3.05) is 7.11 Å². The summed E-state index contributed by atoms with van der Waals surface area (Å²) in [5.41, 5.74) is 0. The summed E-state index contributed by atoms with van der Waals surface area (Å²) in [6, 6.07) is 8.13. The Kier molecular flexibility index (Phi) is 4.79. The Bertz CT molecular complexity index is 501. The average molecular weight is 329 g/mol. The van der Waals surface area contributed by atoms with Crippen LogP contribution >= 0.6 is 27.7 Å². The molecule has 0 spiro atoms. The molecule has 0 aliphatic rings. The summed E-state index contributed by atoms with van der Waals surface area (Å²) in [6.45, 7) is 2.41. The van der Waals surface area contributed by atoms with Crippen LogP contribution in [0.4, 0.5) is 0 Å². The highest BCUT2D eigenvalue weighted by atomic mass is 79.9. The van der Waals surface area contributed by atoms with Crippen LogP contribution in [0, 0.1) is 0 Å². The van der Waals surface area contributed by atoms with E-state index in [0.29, 0.717) is 18.3 Å². The molecular formula is C12H13BrN2O2S. The zero-order chi connectivity index (χ0) is 13.0. The van der Waals surface area contributed by atoms with Crippen LogP contribution in [-0.4, -0.2) is 17.3 Å². The Hall–Kier alpha value is -0.850. The lowest BCUT2D eigenvalue weighted by atomic mass is 10.4. The second kappa shape index (κ2) is 6.36. The van der Waals surface area contributed by atoms with Crippen LogP contribution in [0.15, 0.2) is 38.2 Å². The third-order valence-corrected chi connectivity index (χ3v) is 3.86. The van der Waals surface area contributed by atoms with Gasteiger partial charge in [-0.25, -0.2) is 0 Å². The first kappa shape index (κ1) is 13.6. The summed E-state index contributed by atoms with van der Waals surface area (Å²) in [6.07, 6.45) is 0. The lowest BCUT2D eigenvalue weighted by Gasteiger charge is -2.05. The molecule has 0 radical (unpaired) electrons. The fraction of sp³-hybridized carbons (Fsp3) is 0.333. The van der Waals surface area contributed by atoms with Gasteiger partial charge in [0.15, 0.2) is 5.82 Å². The van der Waals surface area contributed by atoms with Crippen LogP contribution in [0.2, 0.25) is 0 Å². The van der Waals surface area contributed by atoms with E-state index in [1.807, 2.05) is 19.1 Å². The van der Waals surface area contributed by atoms with Gasteiger partial charge in [0.05, 0.1) is 5.25 Å². The Labute approximate surface area is 118 Å². The molecule has 6 heteroatoms. The van der Waals surface area contributed by atoms with Crippen molar-refractivity contribution in [1.29, 1.82) is 0 Å². The molecule has 2 aromatic rings. The molecule has 0 unspecified atom stereocenters. The number of rotatable bonds is 5. The summed E-state index contributed by atoms with van der Waals surface area (Å²) in [4.78, 5) is 5.44. The zero-order valence-electron chi connectivity index (χ0n) is 10.1. The highest BCUT2D eigenvalue weighted by Gasteiger charge is 2.15. The molecule has 4 nitrogen and oxygen atoms in total. The van der Waals surface area contributed by atoms with Gasteiger partial charge in [0, 0.05) is 16.5 Å². The van der Waals surface area contributed by atoms with Gasteiger partial charge in [-0.15, -0.1) is 11.8 Å². The predicted molar refractivity (Wildman–Crippen MR) is 73.4 cm³/mol. The maximum absolute atomic E-state index is 5.20. The van der Waals surface area contributed by atoms with Crippen LogP contribution in [-0.2, 0) is 11.3 Å². The van der Waals surface area contributed by atoms with Gasteiger partial charge in [-0.2, -0.15) is 4.98 Å².